The second-order valence-electron chi connectivity index (χ2n) is 7.58. The highest BCUT2D eigenvalue weighted by molar-refractivity contribution is 5.40. The normalized spacial score (nSPS) is 25.7. The molecule has 24 heavy (non-hydrogen) atoms. The first-order valence-corrected chi connectivity index (χ1v) is 9.76. The number of nitrogens with one attached hydrogen (secondary N) is 2. The van der Waals surface area contributed by atoms with Crippen molar-refractivity contribution in [2.24, 2.45) is 5.73 Å². The van der Waals surface area contributed by atoms with Crippen LogP contribution in [0, 0.1) is 0 Å². The predicted molar refractivity (Wildman–Crippen MR) is 98.9 cm³/mol. The van der Waals surface area contributed by atoms with E-state index in [2.05, 4.69) is 16.7 Å². The average Bonchev–Trinajstić information content (AvgIpc) is 2.62. The molecule has 134 valence electrons. The molecule has 1 aromatic carbocycles. The molecule has 4 heteroatoms. The van der Waals surface area contributed by atoms with E-state index in [1.165, 1.54) is 44.9 Å². The topological polar surface area (TPSA) is 70.3 Å². The maximum Gasteiger partial charge on any atom is 0.124 e. The van der Waals surface area contributed by atoms with Crippen LogP contribution in [0.2, 0.25) is 0 Å². The van der Waals surface area contributed by atoms with Gasteiger partial charge in [-0.2, -0.15) is 0 Å². The Kier molecular flexibility index (Phi) is 6.52. The van der Waals surface area contributed by atoms with Crippen LogP contribution in [0.3, 0.4) is 0 Å². The van der Waals surface area contributed by atoms with Crippen molar-refractivity contribution in [1.82, 2.24) is 10.6 Å². The van der Waals surface area contributed by atoms with Crippen LogP contribution in [0.4, 0.5) is 0 Å². The number of benzene rings is 1. The third-order valence-electron chi connectivity index (χ3n) is 5.76. The van der Waals surface area contributed by atoms with Gasteiger partial charge in [0.05, 0.1) is 0 Å². The van der Waals surface area contributed by atoms with Crippen molar-refractivity contribution in [3.05, 3.63) is 29.3 Å². The molecular formula is C20H33N3O. The summed E-state index contributed by atoms with van der Waals surface area (Å²) >= 11 is 0. The van der Waals surface area contributed by atoms with E-state index in [1.54, 1.807) is 0 Å². The molecule has 0 heterocycles. The third kappa shape index (κ3) is 4.71. The Morgan fingerprint density at radius 3 is 2.21 bits per heavy atom. The van der Waals surface area contributed by atoms with Gasteiger partial charge < -0.3 is 21.5 Å². The van der Waals surface area contributed by atoms with Gasteiger partial charge >= 0.3 is 0 Å². The van der Waals surface area contributed by atoms with E-state index in [-0.39, 0.29) is 6.04 Å². The molecule has 2 aliphatic rings. The Balaban J connectivity index is 1.54. The fraction of sp³-hybridized carbons (Fsp3) is 0.700. The number of phenolic OH excluding ortho intramolecular Hbond substituents is 1. The second-order valence-corrected chi connectivity index (χ2v) is 7.58. The van der Waals surface area contributed by atoms with Crippen molar-refractivity contribution in [2.75, 3.05) is 0 Å². The van der Waals surface area contributed by atoms with E-state index in [1.807, 2.05) is 12.1 Å². The van der Waals surface area contributed by atoms with E-state index in [0.29, 0.717) is 24.4 Å². The van der Waals surface area contributed by atoms with E-state index >= 15 is 0 Å². The summed E-state index contributed by atoms with van der Waals surface area (Å²) in [5, 5.41) is 17.8. The number of aromatic hydroxyl groups is 1. The first-order chi connectivity index (χ1) is 11.7. The largest absolute Gasteiger partial charge is 0.507 e. The van der Waals surface area contributed by atoms with E-state index in [4.69, 9.17) is 5.73 Å². The highest BCUT2D eigenvalue weighted by atomic mass is 16.3. The van der Waals surface area contributed by atoms with Crippen LogP contribution >= 0.6 is 0 Å². The van der Waals surface area contributed by atoms with Crippen LogP contribution in [-0.2, 0) is 13.1 Å². The molecule has 2 atom stereocenters. The van der Waals surface area contributed by atoms with Gasteiger partial charge in [0.25, 0.3) is 0 Å². The van der Waals surface area contributed by atoms with E-state index in [9.17, 15) is 5.11 Å². The molecule has 0 aliphatic heterocycles. The van der Waals surface area contributed by atoms with Gasteiger partial charge in [0.2, 0.25) is 0 Å². The molecule has 5 N–H and O–H groups in total. The summed E-state index contributed by atoms with van der Waals surface area (Å²) in [6, 6.07) is 7.33. The summed E-state index contributed by atoms with van der Waals surface area (Å²) < 4.78 is 0. The van der Waals surface area contributed by atoms with Gasteiger partial charge in [0.15, 0.2) is 0 Å². The lowest BCUT2D eigenvalue weighted by Gasteiger charge is -2.29. The van der Waals surface area contributed by atoms with Crippen LogP contribution in [0.15, 0.2) is 18.2 Å². The third-order valence-corrected chi connectivity index (χ3v) is 5.76. The van der Waals surface area contributed by atoms with Crippen molar-refractivity contribution in [3.8, 4) is 5.75 Å². The Morgan fingerprint density at radius 1 is 0.875 bits per heavy atom. The Bertz CT molecular complexity index is 514. The number of hydrogen-bond acceptors (Lipinski definition) is 4. The molecule has 0 aromatic heterocycles. The van der Waals surface area contributed by atoms with Gasteiger partial charge in [0.1, 0.15) is 5.75 Å². The summed E-state index contributed by atoms with van der Waals surface area (Å²) in [6.07, 6.45) is 11.3. The molecule has 0 amide bonds. The number of rotatable bonds is 6. The number of phenols is 1. The summed E-state index contributed by atoms with van der Waals surface area (Å²) in [5.74, 6) is 0.442. The van der Waals surface area contributed by atoms with Gasteiger partial charge in [-0.15, -0.1) is 0 Å². The molecule has 3 rings (SSSR count). The lowest BCUT2D eigenvalue weighted by atomic mass is 9.91. The van der Waals surface area contributed by atoms with Crippen LogP contribution in [-0.4, -0.2) is 23.2 Å². The maximum atomic E-state index is 10.6. The minimum atomic E-state index is 0.247. The van der Waals surface area contributed by atoms with Crippen LogP contribution < -0.4 is 16.4 Å². The zero-order valence-corrected chi connectivity index (χ0v) is 14.8. The Labute approximate surface area is 146 Å². The second kappa shape index (κ2) is 8.84. The highest BCUT2D eigenvalue weighted by Gasteiger charge is 2.21. The lowest BCUT2D eigenvalue weighted by molar-refractivity contribution is 0.324. The molecule has 0 bridgehead atoms. The molecule has 1 aromatic rings. The molecule has 0 radical (unpaired) electrons. The van der Waals surface area contributed by atoms with Gasteiger partial charge in [-0.1, -0.05) is 50.3 Å². The lowest BCUT2D eigenvalue weighted by Crippen LogP contribution is -2.46. The predicted octanol–water partition coefficient (Wildman–Crippen LogP) is 3.17. The number of nitrogens with two attached hydrogens (primary N) is 1. The van der Waals surface area contributed by atoms with Crippen molar-refractivity contribution in [1.29, 1.82) is 0 Å². The summed E-state index contributed by atoms with van der Waals surface area (Å²) in [4.78, 5) is 0. The summed E-state index contributed by atoms with van der Waals surface area (Å²) in [5.41, 5.74) is 8.20. The van der Waals surface area contributed by atoms with Crippen molar-refractivity contribution < 1.29 is 5.11 Å². The smallest absolute Gasteiger partial charge is 0.124 e. The standard InChI is InChI=1S/C20H33N3O/c21-18-11-4-5-12-19(18)23-14-16-8-6-7-15(20(16)24)13-22-17-9-2-1-3-10-17/h6-8,17-19,22-24H,1-5,9-14,21H2. The van der Waals surface area contributed by atoms with Crippen molar-refractivity contribution in [2.45, 2.75) is 89.0 Å². The van der Waals surface area contributed by atoms with Gasteiger partial charge in [-0.05, 0) is 25.7 Å². The SMILES string of the molecule is NC1CCCCC1NCc1cccc(CNC2CCCCC2)c1O. The minimum absolute atomic E-state index is 0.247. The number of para-hydroxylation sites is 1. The first-order valence-electron chi connectivity index (χ1n) is 9.76. The first kappa shape index (κ1) is 17.7. The fourth-order valence-corrected chi connectivity index (χ4v) is 4.14. The molecule has 2 aliphatic carbocycles. The van der Waals surface area contributed by atoms with Crippen LogP contribution in [0.5, 0.6) is 5.75 Å². The summed E-state index contributed by atoms with van der Waals surface area (Å²) in [7, 11) is 0. The zero-order chi connectivity index (χ0) is 16.8. The summed E-state index contributed by atoms with van der Waals surface area (Å²) in [6.45, 7) is 1.45. The van der Waals surface area contributed by atoms with Gasteiger partial charge in [0, 0.05) is 42.3 Å². The average molecular weight is 332 g/mol. The van der Waals surface area contributed by atoms with Gasteiger partial charge in [-0.3, -0.25) is 0 Å². The zero-order valence-electron chi connectivity index (χ0n) is 14.8. The minimum Gasteiger partial charge on any atom is -0.507 e. The van der Waals surface area contributed by atoms with Crippen molar-refractivity contribution >= 4 is 0 Å². The fourth-order valence-electron chi connectivity index (χ4n) is 4.14. The van der Waals surface area contributed by atoms with E-state index < -0.39 is 0 Å². The molecule has 4 nitrogen and oxygen atoms in total. The molecule has 0 saturated heterocycles. The van der Waals surface area contributed by atoms with E-state index in [0.717, 1.165) is 30.5 Å². The quantitative estimate of drug-likeness (QED) is 0.646. The molecule has 2 saturated carbocycles. The molecule has 2 unspecified atom stereocenters. The van der Waals surface area contributed by atoms with Crippen LogP contribution in [0.1, 0.15) is 68.9 Å². The Hall–Kier alpha value is -1.10. The van der Waals surface area contributed by atoms with Crippen molar-refractivity contribution in [3.63, 3.8) is 0 Å². The molecule has 2 fully saturated rings. The monoisotopic (exact) mass is 331 g/mol. The highest BCUT2D eigenvalue weighted by Crippen LogP contribution is 2.25. The van der Waals surface area contributed by atoms with Gasteiger partial charge in [-0.25, -0.2) is 0 Å². The molecular weight excluding hydrogens is 298 g/mol. The maximum absolute atomic E-state index is 10.6. The van der Waals surface area contributed by atoms with Crippen LogP contribution in [0.25, 0.3) is 0 Å². The number of hydrogen-bond donors (Lipinski definition) is 4. The molecule has 0 spiro atoms. The Morgan fingerprint density at radius 2 is 1.50 bits per heavy atom.